The zero-order valence-electron chi connectivity index (χ0n) is 18.1. The molecule has 0 fully saturated rings. The molecule has 1 aliphatic carbocycles. The summed E-state index contributed by atoms with van der Waals surface area (Å²) in [6.45, 7) is 3.45. The van der Waals surface area contributed by atoms with Gasteiger partial charge in [0.25, 0.3) is 11.8 Å². The lowest BCUT2D eigenvalue weighted by molar-refractivity contribution is -0.186. The maximum Gasteiger partial charge on any atom is 0.425 e. The Morgan fingerprint density at radius 2 is 1.71 bits per heavy atom. The number of amides is 2. The van der Waals surface area contributed by atoms with E-state index in [0.29, 0.717) is 0 Å². The number of carbonyl (C=O) groups is 3. The molecule has 5 nitrogen and oxygen atoms in total. The topological polar surface area (TPSA) is 66.5 Å². The summed E-state index contributed by atoms with van der Waals surface area (Å²) in [4.78, 5) is 40.7. The number of nitrogens with one attached hydrogen (secondary N) is 1. The highest BCUT2D eigenvalue weighted by molar-refractivity contribution is 6.34. The molecule has 2 aromatic rings. The molecule has 10 heteroatoms. The molecule has 0 aromatic heterocycles. The number of nitrogens with zero attached hydrogens (tertiary/aromatic N) is 1. The number of benzene rings is 2. The lowest BCUT2D eigenvalue weighted by Crippen LogP contribution is -2.66. The van der Waals surface area contributed by atoms with Crippen LogP contribution < -0.4 is 10.2 Å². The third kappa shape index (κ3) is 3.79. The van der Waals surface area contributed by atoms with Crippen LogP contribution in [0.4, 0.5) is 18.9 Å². The molecule has 1 unspecified atom stereocenters. The van der Waals surface area contributed by atoms with Gasteiger partial charge in [0.2, 0.25) is 5.54 Å². The van der Waals surface area contributed by atoms with Crippen LogP contribution in [0, 0.1) is 5.41 Å². The molecule has 0 spiro atoms. The third-order valence-electron chi connectivity index (χ3n) is 5.93. The van der Waals surface area contributed by atoms with Gasteiger partial charge >= 0.3 is 6.18 Å². The van der Waals surface area contributed by atoms with Gasteiger partial charge in [-0.25, -0.2) is 0 Å². The van der Waals surface area contributed by atoms with Crippen LogP contribution in [0.5, 0.6) is 0 Å². The van der Waals surface area contributed by atoms with Crippen molar-refractivity contribution < 1.29 is 27.6 Å². The zero-order valence-corrected chi connectivity index (χ0v) is 19.6. The molecular weight excluding hydrogens is 492 g/mol. The van der Waals surface area contributed by atoms with Crippen LogP contribution in [-0.2, 0) is 9.59 Å². The van der Waals surface area contributed by atoms with Crippen molar-refractivity contribution in [3.05, 3.63) is 75.4 Å². The molecule has 0 radical (unpaired) electrons. The molecule has 1 heterocycles. The van der Waals surface area contributed by atoms with Gasteiger partial charge in [0.15, 0.2) is 5.78 Å². The Balaban J connectivity index is 1.96. The Hall–Kier alpha value is -2.84. The monoisotopic (exact) mass is 510 g/mol. The average Bonchev–Trinajstić information content (AvgIpc) is 2.95. The second-order valence-corrected chi connectivity index (χ2v) is 9.91. The number of allylic oxidation sites excluding steroid dienone is 1. The normalized spacial score (nSPS) is 22.1. The van der Waals surface area contributed by atoms with Crippen LogP contribution in [-0.4, -0.2) is 29.3 Å². The van der Waals surface area contributed by atoms with Crippen molar-refractivity contribution in [3.8, 4) is 0 Å². The first-order valence-corrected chi connectivity index (χ1v) is 11.0. The second-order valence-electron chi connectivity index (χ2n) is 9.06. The first kappa shape index (κ1) is 24.3. The molecule has 2 aromatic carbocycles. The number of alkyl halides is 3. The Labute approximate surface area is 203 Å². The van der Waals surface area contributed by atoms with Gasteiger partial charge in [0.05, 0.1) is 21.8 Å². The van der Waals surface area contributed by atoms with Crippen molar-refractivity contribution in [2.45, 2.75) is 38.4 Å². The third-order valence-corrected chi connectivity index (χ3v) is 6.50. The van der Waals surface area contributed by atoms with Crippen molar-refractivity contribution in [2.24, 2.45) is 5.41 Å². The van der Waals surface area contributed by atoms with Gasteiger partial charge in [0, 0.05) is 17.1 Å². The molecule has 2 aliphatic rings. The van der Waals surface area contributed by atoms with E-state index < -0.39 is 40.3 Å². The van der Waals surface area contributed by atoms with E-state index in [1.54, 1.807) is 13.8 Å². The van der Waals surface area contributed by atoms with Crippen molar-refractivity contribution in [3.63, 3.8) is 0 Å². The molecule has 0 bridgehead atoms. The minimum absolute atomic E-state index is 0.00607. The van der Waals surface area contributed by atoms with Gasteiger partial charge in [-0.1, -0.05) is 55.2 Å². The summed E-state index contributed by atoms with van der Waals surface area (Å²) in [5.41, 5.74) is -5.35. The van der Waals surface area contributed by atoms with E-state index in [0.717, 1.165) is 4.90 Å². The summed E-state index contributed by atoms with van der Waals surface area (Å²) in [5, 5.41) is 1.95. The summed E-state index contributed by atoms with van der Waals surface area (Å²) in [6, 6.07) is 11.2. The van der Waals surface area contributed by atoms with Crippen molar-refractivity contribution in [1.82, 2.24) is 5.32 Å². The molecule has 0 saturated heterocycles. The molecule has 34 heavy (non-hydrogen) atoms. The first-order chi connectivity index (χ1) is 15.8. The van der Waals surface area contributed by atoms with Gasteiger partial charge in [-0.2, -0.15) is 13.2 Å². The van der Waals surface area contributed by atoms with E-state index >= 15 is 0 Å². The summed E-state index contributed by atoms with van der Waals surface area (Å²) < 4.78 is 44.5. The lowest BCUT2D eigenvalue weighted by Gasteiger charge is -2.35. The lowest BCUT2D eigenvalue weighted by atomic mass is 9.72. The minimum atomic E-state index is -5.33. The number of Topliss-reactive ketones (excluding diaryl/α,β-unsaturated/α-hetero) is 1. The van der Waals surface area contributed by atoms with Crippen molar-refractivity contribution in [1.29, 1.82) is 0 Å². The predicted octanol–water partition coefficient (Wildman–Crippen LogP) is 5.71. The molecule has 1 aliphatic heterocycles. The van der Waals surface area contributed by atoms with Crippen LogP contribution >= 0.6 is 23.2 Å². The summed E-state index contributed by atoms with van der Waals surface area (Å²) in [7, 11) is 0. The van der Waals surface area contributed by atoms with E-state index in [2.05, 4.69) is 0 Å². The number of rotatable bonds is 3. The average molecular weight is 511 g/mol. The number of carbonyl (C=O) groups excluding carboxylic acids is 3. The highest BCUT2D eigenvalue weighted by Gasteiger charge is 2.72. The van der Waals surface area contributed by atoms with Gasteiger partial charge in [-0.15, -0.1) is 0 Å². The van der Waals surface area contributed by atoms with E-state index in [9.17, 15) is 27.6 Å². The Kier molecular flexibility index (Phi) is 5.81. The molecule has 178 valence electrons. The highest BCUT2D eigenvalue weighted by Crippen LogP contribution is 2.53. The smallest absolute Gasteiger partial charge is 0.326 e. The standard InChI is InChI=1S/C24H19Cl2F3N2O3/c1-22(2)11-17-19(18(32)12-22)23(24(27,28)29,30-20(33)15-8-3-4-9-16(15)26)21(34)31(17)14-7-5-6-13(25)10-14/h3-10H,11-12H2,1-2H3,(H,30,33). The maximum atomic E-state index is 14.8. The van der Waals surface area contributed by atoms with Gasteiger partial charge < -0.3 is 5.32 Å². The molecule has 4 rings (SSSR count). The number of hydrogen-bond acceptors (Lipinski definition) is 3. The number of hydrogen-bond donors (Lipinski definition) is 1. The Morgan fingerprint density at radius 3 is 2.32 bits per heavy atom. The highest BCUT2D eigenvalue weighted by atomic mass is 35.5. The van der Waals surface area contributed by atoms with Crippen LogP contribution in [0.15, 0.2) is 59.8 Å². The largest absolute Gasteiger partial charge is 0.425 e. The van der Waals surface area contributed by atoms with Crippen LogP contribution in [0.25, 0.3) is 0 Å². The Morgan fingerprint density at radius 1 is 1.03 bits per heavy atom. The summed E-state index contributed by atoms with van der Waals surface area (Å²) >= 11 is 12.1. The first-order valence-electron chi connectivity index (χ1n) is 10.3. The minimum Gasteiger partial charge on any atom is -0.326 e. The predicted molar refractivity (Wildman–Crippen MR) is 122 cm³/mol. The quantitative estimate of drug-likeness (QED) is 0.574. The second kappa shape index (κ2) is 8.13. The van der Waals surface area contributed by atoms with Gasteiger partial charge in [0.1, 0.15) is 0 Å². The molecule has 2 amide bonds. The number of ketones is 1. The molecule has 1 N–H and O–H groups in total. The molecule has 1 atom stereocenters. The SMILES string of the molecule is CC1(C)CC(=O)C2=C(C1)N(c1cccc(Cl)c1)C(=O)C2(NC(=O)c1ccccc1Cl)C(F)(F)F. The van der Waals surface area contributed by atoms with E-state index in [1.807, 2.05) is 5.32 Å². The van der Waals surface area contributed by atoms with E-state index in [1.165, 1.54) is 48.5 Å². The fourth-order valence-electron chi connectivity index (χ4n) is 4.52. The van der Waals surface area contributed by atoms with E-state index in [4.69, 9.17) is 23.2 Å². The van der Waals surface area contributed by atoms with Gasteiger partial charge in [-0.3, -0.25) is 19.3 Å². The van der Waals surface area contributed by atoms with Crippen molar-refractivity contribution >= 4 is 46.5 Å². The number of halogens is 5. The fraction of sp³-hybridized carbons (Fsp3) is 0.292. The Bertz CT molecular complexity index is 1260. The van der Waals surface area contributed by atoms with Crippen LogP contribution in [0.1, 0.15) is 37.0 Å². The van der Waals surface area contributed by atoms with Crippen LogP contribution in [0.2, 0.25) is 10.0 Å². The molecular formula is C24H19Cl2F3N2O3. The van der Waals surface area contributed by atoms with Gasteiger partial charge in [-0.05, 0) is 42.2 Å². The maximum absolute atomic E-state index is 14.8. The summed E-state index contributed by atoms with van der Waals surface area (Å²) in [5.74, 6) is -3.59. The van der Waals surface area contributed by atoms with Crippen LogP contribution in [0.3, 0.4) is 0 Å². The summed E-state index contributed by atoms with van der Waals surface area (Å²) in [6.07, 6.45) is -5.54. The van der Waals surface area contributed by atoms with E-state index in [-0.39, 0.29) is 39.8 Å². The number of anilines is 1. The molecule has 0 saturated carbocycles. The fourth-order valence-corrected chi connectivity index (χ4v) is 4.93. The van der Waals surface area contributed by atoms with Crippen molar-refractivity contribution in [2.75, 3.05) is 4.90 Å². The zero-order chi connectivity index (χ0) is 25.1.